The van der Waals surface area contributed by atoms with Crippen molar-refractivity contribution in [2.45, 2.75) is 19.9 Å². The summed E-state index contributed by atoms with van der Waals surface area (Å²) in [6, 6.07) is 8.05. The summed E-state index contributed by atoms with van der Waals surface area (Å²) >= 11 is 0. The highest BCUT2D eigenvalue weighted by atomic mass is 16.5. The molecule has 1 atom stereocenters. The first kappa shape index (κ1) is 17.6. The molecule has 128 valence electrons. The van der Waals surface area contributed by atoms with Crippen LogP contribution in [0.4, 0.5) is 5.69 Å². The van der Waals surface area contributed by atoms with Crippen LogP contribution in [0.15, 0.2) is 29.3 Å². The fourth-order valence-corrected chi connectivity index (χ4v) is 2.73. The van der Waals surface area contributed by atoms with E-state index in [9.17, 15) is 0 Å². The maximum absolute atomic E-state index is 5.98. The van der Waals surface area contributed by atoms with Crippen molar-refractivity contribution in [2.75, 3.05) is 51.7 Å². The lowest BCUT2D eigenvalue weighted by molar-refractivity contribution is 0.109. The van der Waals surface area contributed by atoms with Crippen molar-refractivity contribution in [3.8, 4) is 5.75 Å². The molecule has 1 aliphatic heterocycles. The predicted octanol–water partition coefficient (Wildman–Crippen LogP) is 1.45. The summed E-state index contributed by atoms with van der Waals surface area (Å²) in [6.45, 7) is 10.8. The molecule has 1 aromatic carbocycles. The molecule has 1 aromatic rings. The Hall–Kier alpha value is -1.79. The minimum atomic E-state index is 0.408. The summed E-state index contributed by atoms with van der Waals surface area (Å²) < 4.78 is 5.14. The lowest BCUT2D eigenvalue weighted by Crippen LogP contribution is -2.50. The summed E-state index contributed by atoms with van der Waals surface area (Å²) in [6.07, 6.45) is 0. The molecule has 6 nitrogen and oxygen atoms in total. The molecule has 1 heterocycles. The van der Waals surface area contributed by atoms with Gasteiger partial charge in [-0.3, -0.25) is 9.89 Å². The highest BCUT2D eigenvalue weighted by Gasteiger charge is 2.19. The zero-order valence-electron chi connectivity index (χ0n) is 14.5. The van der Waals surface area contributed by atoms with Crippen LogP contribution in [-0.2, 0) is 0 Å². The Morgan fingerprint density at radius 1 is 1.26 bits per heavy atom. The molecule has 2 rings (SSSR count). The van der Waals surface area contributed by atoms with Crippen LogP contribution in [0.5, 0.6) is 5.75 Å². The van der Waals surface area contributed by atoms with Crippen LogP contribution >= 0.6 is 0 Å². The molecule has 0 amide bonds. The number of hydrogen-bond donors (Lipinski definition) is 2. The van der Waals surface area contributed by atoms with Gasteiger partial charge in [0.25, 0.3) is 0 Å². The average Bonchev–Trinajstić information content (AvgIpc) is 2.60. The van der Waals surface area contributed by atoms with Crippen molar-refractivity contribution < 1.29 is 4.74 Å². The number of aliphatic imine (C=N–C) groups is 1. The average molecular weight is 319 g/mol. The number of benzene rings is 1. The maximum atomic E-state index is 5.98. The van der Waals surface area contributed by atoms with Gasteiger partial charge in [0, 0.05) is 37.9 Å². The van der Waals surface area contributed by atoms with E-state index in [1.54, 1.807) is 7.11 Å². The molecule has 0 saturated carbocycles. The van der Waals surface area contributed by atoms with Gasteiger partial charge in [-0.2, -0.15) is 0 Å². The molecule has 1 saturated heterocycles. The molecule has 6 heteroatoms. The summed E-state index contributed by atoms with van der Waals surface area (Å²) in [4.78, 5) is 9.43. The second kappa shape index (κ2) is 8.74. The molecule has 3 N–H and O–H groups in total. The topological polar surface area (TPSA) is 66.1 Å². The molecule has 0 aliphatic carbocycles. The van der Waals surface area contributed by atoms with Gasteiger partial charge in [-0.15, -0.1) is 0 Å². The van der Waals surface area contributed by atoms with Crippen molar-refractivity contribution >= 4 is 11.6 Å². The molecule has 0 bridgehead atoms. The van der Waals surface area contributed by atoms with E-state index < -0.39 is 0 Å². The van der Waals surface area contributed by atoms with Gasteiger partial charge in [-0.1, -0.05) is 6.92 Å². The number of anilines is 1. The number of methoxy groups -OCH3 is 1. The van der Waals surface area contributed by atoms with Gasteiger partial charge in [0.2, 0.25) is 0 Å². The molecule has 23 heavy (non-hydrogen) atoms. The van der Waals surface area contributed by atoms with Gasteiger partial charge >= 0.3 is 0 Å². The first-order valence-corrected chi connectivity index (χ1v) is 8.29. The van der Waals surface area contributed by atoms with Crippen LogP contribution in [0.1, 0.15) is 13.8 Å². The van der Waals surface area contributed by atoms with Crippen LogP contribution in [0.3, 0.4) is 0 Å². The van der Waals surface area contributed by atoms with E-state index >= 15 is 0 Å². The first-order valence-electron chi connectivity index (χ1n) is 8.29. The number of rotatable bonds is 6. The van der Waals surface area contributed by atoms with Gasteiger partial charge in [0.15, 0.2) is 5.96 Å². The molecule has 1 aliphatic rings. The minimum absolute atomic E-state index is 0.408. The SMILES string of the molecule is CCN1CCN(C(C)CN=C(N)Nc2ccc(OC)cc2)CC1. The van der Waals surface area contributed by atoms with Crippen LogP contribution in [0, 0.1) is 0 Å². The molecular formula is C17H29N5O. The second-order valence-electron chi connectivity index (χ2n) is 5.90. The van der Waals surface area contributed by atoms with E-state index in [0.717, 1.165) is 44.2 Å². The molecule has 1 unspecified atom stereocenters. The second-order valence-corrected chi connectivity index (χ2v) is 5.90. The highest BCUT2D eigenvalue weighted by molar-refractivity contribution is 5.92. The minimum Gasteiger partial charge on any atom is -0.497 e. The summed E-state index contributed by atoms with van der Waals surface area (Å²) in [7, 11) is 1.65. The quantitative estimate of drug-likeness (QED) is 0.614. The van der Waals surface area contributed by atoms with E-state index in [1.807, 2.05) is 24.3 Å². The standard InChI is InChI=1S/C17H29N5O/c1-4-21-9-11-22(12-10-21)14(2)13-19-17(18)20-15-5-7-16(23-3)8-6-15/h5-8,14H,4,9-13H2,1-3H3,(H3,18,19,20). The third-order valence-corrected chi connectivity index (χ3v) is 4.37. The lowest BCUT2D eigenvalue weighted by atomic mass is 10.2. The van der Waals surface area contributed by atoms with Crippen LogP contribution in [-0.4, -0.2) is 68.2 Å². The smallest absolute Gasteiger partial charge is 0.193 e. The third kappa shape index (κ3) is 5.41. The molecular weight excluding hydrogens is 290 g/mol. The van der Waals surface area contributed by atoms with E-state index in [0.29, 0.717) is 18.5 Å². The van der Waals surface area contributed by atoms with Gasteiger partial charge < -0.3 is 20.7 Å². The Balaban J connectivity index is 1.79. The van der Waals surface area contributed by atoms with E-state index in [2.05, 4.69) is 34.0 Å². The zero-order chi connectivity index (χ0) is 16.7. The number of likely N-dealkylation sites (N-methyl/N-ethyl adjacent to an activating group) is 1. The van der Waals surface area contributed by atoms with E-state index in [1.165, 1.54) is 0 Å². The van der Waals surface area contributed by atoms with Crippen molar-refractivity contribution in [1.82, 2.24) is 9.80 Å². The number of nitrogens with two attached hydrogens (primary N) is 1. The van der Waals surface area contributed by atoms with Crippen molar-refractivity contribution in [3.05, 3.63) is 24.3 Å². The lowest BCUT2D eigenvalue weighted by Gasteiger charge is -2.37. The summed E-state index contributed by atoms with van der Waals surface area (Å²) in [5.74, 6) is 1.28. The normalized spacial score (nSPS) is 18.7. The number of guanidine groups is 1. The Labute approximate surface area is 139 Å². The molecule has 1 fully saturated rings. The van der Waals surface area contributed by atoms with E-state index in [-0.39, 0.29) is 0 Å². The van der Waals surface area contributed by atoms with Crippen LogP contribution < -0.4 is 15.8 Å². The summed E-state index contributed by atoms with van der Waals surface area (Å²) in [5.41, 5.74) is 6.89. The monoisotopic (exact) mass is 319 g/mol. The van der Waals surface area contributed by atoms with Crippen molar-refractivity contribution in [3.63, 3.8) is 0 Å². The third-order valence-electron chi connectivity index (χ3n) is 4.37. The number of hydrogen-bond acceptors (Lipinski definition) is 4. The molecule has 0 radical (unpaired) electrons. The Morgan fingerprint density at radius 2 is 1.91 bits per heavy atom. The summed E-state index contributed by atoms with van der Waals surface area (Å²) in [5, 5.41) is 3.11. The van der Waals surface area contributed by atoms with Crippen molar-refractivity contribution in [2.24, 2.45) is 10.7 Å². The van der Waals surface area contributed by atoms with E-state index in [4.69, 9.17) is 10.5 Å². The molecule has 0 aromatic heterocycles. The largest absolute Gasteiger partial charge is 0.497 e. The number of piperazine rings is 1. The number of nitrogens with zero attached hydrogens (tertiary/aromatic N) is 3. The molecule has 0 spiro atoms. The Kier molecular flexibility index (Phi) is 6.67. The fraction of sp³-hybridized carbons (Fsp3) is 0.588. The number of ether oxygens (including phenoxy) is 1. The van der Waals surface area contributed by atoms with Crippen molar-refractivity contribution in [1.29, 1.82) is 0 Å². The van der Waals surface area contributed by atoms with Gasteiger partial charge in [0.1, 0.15) is 5.75 Å². The van der Waals surface area contributed by atoms with Crippen LogP contribution in [0.2, 0.25) is 0 Å². The Bertz CT molecular complexity index is 494. The zero-order valence-corrected chi connectivity index (χ0v) is 14.5. The predicted molar refractivity (Wildman–Crippen MR) is 96.3 cm³/mol. The fourth-order valence-electron chi connectivity index (χ4n) is 2.73. The maximum Gasteiger partial charge on any atom is 0.193 e. The highest BCUT2D eigenvalue weighted by Crippen LogP contribution is 2.14. The Morgan fingerprint density at radius 3 is 2.48 bits per heavy atom. The first-order chi connectivity index (χ1) is 11.1. The van der Waals surface area contributed by atoms with Gasteiger partial charge in [-0.25, -0.2) is 0 Å². The number of nitrogens with one attached hydrogen (secondary N) is 1. The van der Waals surface area contributed by atoms with Gasteiger partial charge in [-0.05, 0) is 37.7 Å². The van der Waals surface area contributed by atoms with Gasteiger partial charge in [0.05, 0.1) is 13.7 Å². The van der Waals surface area contributed by atoms with Crippen LogP contribution in [0.25, 0.3) is 0 Å².